The van der Waals surface area contributed by atoms with Crippen molar-refractivity contribution in [3.63, 3.8) is 0 Å². The van der Waals surface area contributed by atoms with E-state index in [2.05, 4.69) is 29.2 Å². The van der Waals surface area contributed by atoms with Crippen molar-refractivity contribution in [2.45, 2.75) is 46.1 Å². The van der Waals surface area contributed by atoms with Gasteiger partial charge in [-0.1, -0.05) is 13.8 Å². The third-order valence-electron chi connectivity index (χ3n) is 3.94. The molecule has 0 aromatic carbocycles. The molecule has 0 radical (unpaired) electrons. The Balaban J connectivity index is 2.32. The molecule has 2 atom stereocenters. The molecule has 6 nitrogen and oxygen atoms in total. The first kappa shape index (κ1) is 15.0. The number of aliphatic hydroxyl groups is 1. The number of hydrogen-bond acceptors (Lipinski definition) is 6. The molecule has 2 unspecified atom stereocenters. The lowest BCUT2D eigenvalue weighted by Crippen LogP contribution is -2.42. The maximum absolute atomic E-state index is 9.86. The van der Waals surface area contributed by atoms with Crippen LogP contribution in [0.2, 0.25) is 0 Å². The smallest absolute Gasteiger partial charge is 0.148 e. The molecule has 1 aromatic heterocycles. The molecule has 2 rings (SSSR count). The highest BCUT2D eigenvalue weighted by molar-refractivity contribution is 5.58. The highest BCUT2D eigenvalue weighted by Gasteiger charge is 2.26. The van der Waals surface area contributed by atoms with Gasteiger partial charge in [0.1, 0.15) is 17.5 Å². The second-order valence-electron chi connectivity index (χ2n) is 5.61. The van der Waals surface area contributed by atoms with Gasteiger partial charge in [-0.3, -0.25) is 0 Å². The molecule has 6 heteroatoms. The minimum absolute atomic E-state index is 0.212. The van der Waals surface area contributed by atoms with Crippen LogP contribution in [-0.2, 0) is 6.42 Å². The summed E-state index contributed by atoms with van der Waals surface area (Å²) in [6.45, 7) is 7.80. The van der Waals surface area contributed by atoms with Crippen molar-refractivity contribution in [3.05, 3.63) is 11.4 Å². The lowest BCUT2D eigenvalue weighted by Gasteiger charge is -2.36. The summed E-state index contributed by atoms with van der Waals surface area (Å²) in [6, 6.07) is 0. The monoisotopic (exact) mass is 279 g/mol. The van der Waals surface area contributed by atoms with Crippen molar-refractivity contribution in [1.82, 2.24) is 9.97 Å². The molecule has 0 spiro atoms. The summed E-state index contributed by atoms with van der Waals surface area (Å²) in [5.74, 6) is 8.27. The largest absolute Gasteiger partial charge is 0.393 e. The maximum Gasteiger partial charge on any atom is 0.148 e. The summed E-state index contributed by atoms with van der Waals surface area (Å²) in [5, 5.41) is 9.86. The number of aromatic nitrogens is 2. The van der Waals surface area contributed by atoms with E-state index in [9.17, 15) is 5.11 Å². The molecule has 20 heavy (non-hydrogen) atoms. The van der Waals surface area contributed by atoms with E-state index >= 15 is 0 Å². The van der Waals surface area contributed by atoms with Gasteiger partial charge in [-0.2, -0.15) is 0 Å². The first-order chi connectivity index (χ1) is 9.56. The van der Waals surface area contributed by atoms with Crippen LogP contribution < -0.4 is 16.2 Å². The highest BCUT2D eigenvalue weighted by atomic mass is 16.3. The van der Waals surface area contributed by atoms with E-state index in [0.717, 1.165) is 49.6 Å². The van der Waals surface area contributed by atoms with Gasteiger partial charge in [0.05, 0.1) is 6.10 Å². The highest BCUT2D eigenvalue weighted by Crippen LogP contribution is 2.27. The van der Waals surface area contributed by atoms with Crippen LogP contribution in [0.4, 0.5) is 11.6 Å². The predicted octanol–water partition coefficient (Wildman–Crippen LogP) is 1.23. The minimum atomic E-state index is -0.212. The van der Waals surface area contributed by atoms with E-state index < -0.39 is 0 Å². The zero-order chi connectivity index (χ0) is 14.7. The van der Waals surface area contributed by atoms with E-state index in [4.69, 9.17) is 10.8 Å². The molecule has 0 saturated carbocycles. The Morgan fingerprint density at radius 3 is 2.80 bits per heavy atom. The van der Waals surface area contributed by atoms with Crippen LogP contribution >= 0.6 is 0 Å². The first-order valence-electron chi connectivity index (χ1n) is 7.34. The van der Waals surface area contributed by atoms with Crippen molar-refractivity contribution in [3.8, 4) is 0 Å². The van der Waals surface area contributed by atoms with Crippen LogP contribution in [0.1, 0.15) is 38.1 Å². The zero-order valence-electron chi connectivity index (χ0n) is 12.6. The van der Waals surface area contributed by atoms with Gasteiger partial charge in [0.15, 0.2) is 0 Å². The van der Waals surface area contributed by atoms with Crippen LogP contribution in [0.25, 0.3) is 0 Å². The van der Waals surface area contributed by atoms with Crippen LogP contribution in [0, 0.1) is 12.8 Å². The van der Waals surface area contributed by atoms with Crippen molar-refractivity contribution >= 4 is 11.6 Å². The Morgan fingerprint density at radius 2 is 2.20 bits per heavy atom. The average molecular weight is 279 g/mol. The number of hydrazine groups is 1. The van der Waals surface area contributed by atoms with Crippen LogP contribution in [0.3, 0.4) is 0 Å². The minimum Gasteiger partial charge on any atom is -0.393 e. The summed E-state index contributed by atoms with van der Waals surface area (Å²) in [4.78, 5) is 11.4. The van der Waals surface area contributed by atoms with E-state index in [1.165, 1.54) is 0 Å². The molecule has 4 N–H and O–H groups in total. The van der Waals surface area contributed by atoms with Gasteiger partial charge in [0.25, 0.3) is 0 Å². The molecule has 1 fully saturated rings. The first-order valence-corrected chi connectivity index (χ1v) is 7.34. The quantitative estimate of drug-likeness (QED) is 0.567. The number of nitrogens with two attached hydrogens (primary N) is 1. The fourth-order valence-corrected chi connectivity index (χ4v) is 2.66. The molecule has 1 aromatic rings. The normalized spacial score (nSPS) is 22.9. The Kier molecular flexibility index (Phi) is 4.77. The van der Waals surface area contributed by atoms with Gasteiger partial charge in [-0.15, -0.1) is 0 Å². The number of piperidine rings is 1. The van der Waals surface area contributed by atoms with Gasteiger partial charge in [0.2, 0.25) is 0 Å². The summed E-state index contributed by atoms with van der Waals surface area (Å²) in [7, 11) is 0. The molecular weight excluding hydrogens is 254 g/mol. The average Bonchev–Trinajstić information content (AvgIpc) is 2.44. The summed E-state index contributed by atoms with van der Waals surface area (Å²) < 4.78 is 0. The summed E-state index contributed by atoms with van der Waals surface area (Å²) >= 11 is 0. The van der Waals surface area contributed by atoms with E-state index in [-0.39, 0.29) is 12.0 Å². The van der Waals surface area contributed by atoms with Crippen molar-refractivity contribution in [2.24, 2.45) is 11.8 Å². The lowest BCUT2D eigenvalue weighted by atomic mass is 9.96. The van der Waals surface area contributed by atoms with Crippen LogP contribution in [-0.4, -0.2) is 34.3 Å². The molecule has 0 bridgehead atoms. The second-order valence-corrected chi connectivity index (χ2v) is 5.61. The van der Waals surface area contributed by atoms with Crippen molar-refractivity contribution in [2.75, 3.05) is 23.4 Å². The predicted molar refractivity (Wildman–Crippen MR) is 80.6 cm³/mol. The topological polar surface area (TPSA) is 87.3 Å². The van der Waals surface area contributed by atoms with E-state index in [1.807, 2.05) is 6.92 Å². The van der Waals surface area contributed by atoms with Gasteiger partial charge in [-0.05, 0) is 25.7 Å². The standard InChI is InChI=1S/C14H25N5O/c1-4-5-12-16-13(18-15)10(3)14(17-12)19-7-6-11(20)9(2)8-19/h9,11,20H,4-8,15H2,1-3H3,(H,16,17,18). The number of rotatable bonds is 4. The summed E-state index contributed by atoms with van der Waals surface area (Å²) in [5.41, 5.74) is 3.63. The van der Waals surface area contributed by atoms with E-state index in [0.29, 0.717) is 5.82 Å². The molecule has 1 aliphatic rings. The Hall–Kier alpha value is -1.40. The molecule has 2 heterocycles. The van der Waals surface area contributed by atoms with E-state index in [1.54, 1.807) is 0 Å². The molecule has 1 aliphatic heterocycles. The number of anilines is 2. The van der Waals surface area contributed by atoms with Crippen molar-refractivity contribution < 1.29 is 5.11 Å². The number of hydrogen-bond donors (Lipinski definition) is 3. The molecule has 1 saturated heterocycles. The number of nitrogens with one attached hydrogen (secondary N) is 1. The number of aliphatic hydroxyl groups excluding tert-OH is 1. The number of nitrogens with zero attached hydrogens (tertiary/aromatic N) is 3. The molecule has 0 amide bonds. The van der Waals surface area contributed by atoms with Crippen LogP contribution in [0.15, 0.2) is 0 Å². The van der Waals surface area contributed by atoms with Gasteiger partial charge >= 0.3 is 0 Å². The molecule has 112 valence electrons. The third kappa shape index (κ3) is 3.02. The lowest BCUT2D eigenvalue weighted by molar-refractivity contribution is 0.0968. The van der Waals surface area contributed by atoms with Gasteiger partial charge < -0.3 is 15.4 Å². The summed E-state index contributed by atoms with van der Waals surface area (Å²) in [6.07, 6.45) is 2.41. The maximum atomic E-state index is 9.86. The fraction of sp³-hybridized carbons (Fsp3) is 0.714. The van der Waals surface area contributed by atoms with Gasteiger partial charge in [0, 0.05) is 25.1 Å². The fourth-order valence-electron chi connectivity index (χ4n) is 2.66. The Morgan fingerprint density at radius 1 is 1.45 bits per heavy atom. The zero-order valence-corrected chi connectivity index (χ0v) is 12.6. The molecular formula is C14H25N5O. The number of aryl methyl sites for hydroxylation is 1. The Bertz CT molecular complexity index is 465. The number of nitrogen functional groups attached to an aromatic ring is 1. The second kappa shape index (κ2) is 6.37. The third-order valence-corrected chi connectivity index (χ3v) is 3.94. The molecule has 0 aliphatic carbocycles. The van der Waals surface area contributed by atoms with Crippen LogP contribution in [0.5, 0.6) is 0 Å². The van der Waals surface area contributed by atoms with Gasteiger partial charge in [-0.25, -0.2) is 15.8 Å². The SMILES string of the molecule is CCCc1nc(NN)c(C)c(N2CCC(O)C(C)C2)n1. The van der Waals surface area contributed by atoms with Crippen molar-refractivity contribution in [1.29, 1.82) is 0 Å². The Labute approximate surface area is 120 Å².